The second-order valence-electron chi connectivity index (χ2n) is 5.24. The number of anilines is 1. The van der Waals surface area contributed by atoms with Gasteiger partial charge >= 0.3 is 0 Å². The van der Waals surface area contributed by atoms with Gasteiger partial charge in [0.15, 0.2) is 5.69 Å². The number of nitrogen functional groups attached to an aromatic ring is 1. The van der Waals surface area contributed by atoms with Gasteiger partial charge in [0.05, 0.1) is 11.4 Å². The molecule has 0 spiro atoms. The average Bonchev–Trinajstić information content (AvgIpc) is 3.02. The molecule has 0 bridgehead atoms. The van der Waals surface area contributed by atoms with Crippen LogP contribution in [-0.2, 0) is 6.42 Å². The molecule has 1 saturated carbocycles. The van der Waals surface area contributed by atoms with Crippen LogP contribution in [0.2, 0.25) is 0 Å². The van der Waals surface area contributed by atoms with Crippen molar-refractivity contribution in [3.05, 3.63) is 11.4 Å². The molecular formula is C14H24N4O. The summed E-state index contributed by atoms with van der Waals surface area (Å²) in [7, 11) is 0. The molecule has 2 rings (SSSR count). The third-order valence-corrected chi connectivity index (χ3v) is 3.95. The first-order valence-electron chi connectivity index (χ1n) is 7.32. The van der Waals surface area contributed by atoms with Crippen LogP contribution in [0.15, 0.2) is 0 Å². The molecule has 0 atom stereocenters. The molecule has 5 heteroatoms. The van der Waals surface area contributed by atoms with Crippen LogP contribution < -0.4 is 5.73 Å². The summed E-state index contributed by atoms with van der Waals surface area (Å²) in [5.41, 5.74) is 7.85. The SMILES string of the molecule is CCCc1[nH]nc(C(=O)N(CC)C2CCCC2)c1N. The number of nitrogens with two attached hydrogens (primary N) is 1. The topological polar surface area (TPSA) is 75.0 Å². The van der Waals surface area contributed by atoms with Gasteiger partial charge in [-0.3, -0.25) is 9.89 Å². The fourth-order valence-electron chi connectivity index (χ4n) is 2.91. The molecule has 1 fully saturated rings. The third kappa shape index (κ3) is 2.74. The van der Waals surface area contributed by atoms with E-state index in [0.29, 0.717) is 17.4 Å². The molecule has 0 radical (unpaired) electrons. The zero-order valence-corrected chi connectivity index (χ0v) is 11.9. The Morgan fingerprint density at radius 3 is 2.68 bits per heavy atom. The van der Waals surface area contributed by atoms with Crippen LogP contribution in [0.4, 0.5) is 5.69 Å². The molecule has 0 aliphatic heterocycles. The maximum absolute atomic E-state index is 12.6. The predicted octanol–water partition coefficient (Wildman–Crippen LogP) is 2.35. The number of aryl methyl sites for hydroxylation is 1. The number of carbonyl (C=O) groups excluding carboxylic acids is 1. The number of carbonyl (C=O) groups is 1. The van der Waals surface area contributed by atoms with Gasteiger partial charge in [-0.1, -0.05) is 26.2 Å². The molecular weight excluding hydrogens is 240 g/mol. The van der Waals surface area contributed by atoms with Crippen LogP contribution in [0.3, 0.4) is 0 Å². The minimum atomic E-state index is -0.0227. The minimum absolute atomic E-state index is 0.0227. The van der Waals surface area contributed by atoms with Crippen molar-refractivity contribution in [2.24, 2.45) is 0 Å². The Balaban J connectivity index is 2.17. The van der Waals surface area contributed by atoms with Gasteiger partial charge in [0.2, 0.25) is 0 Å². The normalized spacial score (nSPS) is 15.9. The van der Waals surface area contributed by atoms with Gasteiger partial charge in [-0.15, -0.1) is 0 Å². The van der Waals surface area contributed by atoms with Crippen molar-refractivity contribution >= 4 is 11.6 Å². The monoisotopic (exact) mass is 264 g/mol. The Morgan fingerprint density at radius 1 is 1.42 bits per heavy atom. The summed E-state index contributed by atoms with van der Waals surface area (Å²) in [6, 6.07) is 0.364. The van der Waals surface area contributed by atoms with Crippen LogP contribution in [0, 0.1) is 0 Å². The van der Waals surface area contributed by atoms with Crippen molar-refractivity contribution in [3.63, 3.8) is 0 Å². The lowest BCUT2D eigenvalue weighted by molar-refractivity contribution is 0.0688. The molecule has 19 heavy (non-hydrogen) atoms. The van der Waals surface area contributed by atoms with E-state index >= 15 is 0 Å². The van der Waals surface area contributed by atoms with Crippen LogP contribution in [-0.4, -0.2) is 33.6 Å². The van der Waals surface area contributed by atoms with Crippen LogP contribution in [0.1, 0.15) is 62.1 Å². The van der Waals surface area contributed by atoms with Crippen LogP contribution in [0.5, 0.6) is 0 Å². The highest BCUT2D eigenvalue weighted by Gasteiger charge is 2.29. The summed E-state index contributed by atoms with van der Waals surface area (Å²) < 4.78 is 0. The first kappa shape index (κ1) is 13.9. The van der Waals surface area contributed by atoms with Gasteiger partial charge < -0.3 is 10.6 Å². The molecule has 1 heterocycles. The zero-order chi connectivity index (χ0) is 13.8. The Hall–Kier alpha value is -1.52. The number of rotatable bonds is 5. The van der Waals surface area contributed by atoms with Crippen molar-refractivity contribution in [3.8, 4) is 0 Å². The fourth-order valence-corrected chi connectivity index (χ4v) is 2.91. The molecule has 0 saturated heterocycles. The standard InChI is InChI=1S/C14H24N4O/c1-3-7-11-12(15)13(17-16-11)14(19)18(4-2)10-8-5-6-9-10/h10H,3-9,15H2,1-2H3,(H,16,17). The lowest BCUT2D eigenvalue weighted by atomic mass is 10.1. The van der Waals surface area contributed by atoms with Crippen molar-refractivity contribution in [1.82, 2.24) is 15.1 Å². The number of nitrogens with one attached hydrogen (secondary N) is 1. The fraction of sp³-hybridized carbons (Fsp3) is 0.714. The van der Waals surface area contributed by atoms with E-state index in [1.807, 2.05) is 11.8 Å². The van der Waals surface area contributed by atoms with Gasteiger partial charge in [-0.2, -0.15) is 5.10 Å². The van der Waals surface area contributed by atoms with Crippen molar-refractivity contribution in [1.29, 1.82) is 0 Å². The van der Waals surface area contributed by atoms with Crippen molar-refractivity contribution in [2.75, 3.05) is 12.3 Å². The lowest BCUT2D eigenvalue weighted by Crippen LogP contribution is -2.39. The van der Waals surface area contributed by atoms with Gasteiger partial charge in [-0.25, -0.2) is 0 Å². The van der Waals surface area contributed by atoms with Gasteiger partial charge in [0, 0.05) is 12.6 Å². The minimum Gasteiger partial charge on any atom is -0.395 e. The zero-order valence-electron chi connectivity index (χ0n) is 11.9. The van der Waals surface area contributed by atoms with Gasteiger partial charge in [-0.05, 0) is 26.2 Å². The molecule has 1 amide bonds. The molecule has 3 N–H and O–H groups in total. The summed E-state index contributed by atoms with van der Waals surface area (Å²) in [5, 5.41) is 7.04. The number of aromatic amines is 1. The maximum Gasteiger partial charge on any atom is 0.276 e. The summed E-state index contributed by atoms with van der Waals surface area (Å²) in [5.74, 6) is -0.0227. The highest BCUT2D eigenvalue weighted by molar-refractivity contribution is 5.97. The molecule has 1 aliphatic carbocycles. The number of hydrogen-bond acceptors (Lipinski definition) is 3. The summed E-state index contributed by atoms with van der Waals surface area (Å²) in [4.78, 5) is 14.5. The van der Waals surface area contributed by atoms with E-state index in [1.54, 1.807) is 0 Å². The smallest absolute Gasteiger partial charge is 0.276 e. The van der Waals surface area contributed by atoms with E-state index in [4.69, 9.17) is 5.73 Å². The Labute approximate surface area is 114 Å². The quantitative estimate of drug-likeness (QED) is 0.857. The van der Waals surface area contributed by atoms with E-state index < -0.39 is 0 Å². The van der Waals surface area contributed by atoms with Crippen molar-refractivity contribution < 1.29 is 4.79 Å². The van der Waals surface area contributed by atoms with E-state index in [0.717, 1.165) is 37.9 Å². The molecule has 1 aromatic heterocycles. The third-order valence-electron chi connectivity index (χ3n) is 3.95. The Bertz CT molecular complexity index is 435. The van der Waals surface area contributed by atoms with E-state index in [9.17, 15) is 4.79 Å². The number of amides is 1. The Kier molecular flexibility index (Phi) is 4.45. The van der Waals surface area contributed by atoms with E-state index in [-0.39, 0.29) is 5.91 Å². The molecule has 0 unspecified atom stereocenters. The van der Waals surface area contributed by atoms with Crippen LogP contribution >= 0.6 is 0 Å². The highest BCUT2D eigenvalue weighted by atomic mass is 16.2. The number of H-pyrrole nitrogens is 1. The number of aromatic nitrogens is 2. The number of nitrogens with zero attached hydrogens (tertiary/aromatic N) is 2. The van der Waals surface area contributed by atoms with Gasteiger partial charge in [0.25, 0.3) is 5.91 Å². The van der Waals surface area contributed by atoms with E-state index in [2.05, 4.69) is 17.1 Å². The second kappa shape index (κ2) is 6.08. The first-order valence-corrected chi connectivity index (χ1v) is 7.32. The lowest BCUT2D eigenvalue weighted by Gasteiger charge is -2.27. The predicted molar refractivity (Wildman–Crippen MR) is 76.0 cm³/mol. The van der Waals surface area contributed by atoms with Crippen molar-refractivity contribution in [2.45, 2.75) is 58.4 Å². The largest absolute Gasteiger partial charge is 0.395 e. The van der Waals surface area contributed by atoms with E-state index in [1.165, 1.54) is 12.8 Å². The average molecular weight is 264 g/mol. The maximum atomic E-state index is 12.6. The summed E-state index contributed by atoms with van der Waals surface area (Å²) >= 11 is 0. The molecule has 106 valence electrons. The molecule has 0 aromatic carbocycles. The molecule has 1 aliphatic rings. The molecule has 5 nitrogen and oxygen atoms in total. The number of hydrogen-bond donors (Lipinski definition) is 2. The molecule has 1 aromatic rings. The summed E-state index contributed by atoms with van der Waals surface area (Å²) in [6.45, 7) is 4.82. The Morgan fingerprint density at radius 2 is 2.11 bits per heavy atom. The van der Waals surface area contributed by atoms with Gasteiger partial charge in [0.1, 0.15) is 0 Å². The highest BCUT2D eigenvalue weighted by Crippen LogP contribution is 2.26. The van der Waals surface area contributed by atoms with Crippen LogP contribution in [0.25, 0.3) is 0 Å². The second-order valence-corrected chi connectivity index (χ2v) is 5.24. The first-order chi connectivity index (χ1) is 9.19. The summed E-state index contributed by atoms with van der Waals surface area (Å²) in [6.07, 6.45) is 6.45.